The molecule has 1 unspecified atom stereocenters. The molecule has 1 atom stereocenters. The zero-order valence-electron chi connectivity index (χ0n) is 13.1. The SMILES string of the molecule is CCCCn1ncc(NCC(C)N(C)C2CC2)c(Br)c1=O. The Balaban J connectivity index is 1.96. The number of anilines is 1. The molecule has 1 aliphatic carbocycles. The number of halogens is 1. The summed E-state index contributed by atoms with van der Waals surface area (Å²) in [7, 11) is 2.17. The highest BCUT2D eigenvalue weighted by Gasteiger charge is 2.28. The van der Waals surface area contributed by atoms with E-state index >= 15 is 0 Å². The van der Waals surface area contributed by atoms with Crippen LogP contribution in [0.1, 0.15) is 39.5 Å². The maximum atomic E-state index is 12.2. The first-order valence-electron chi connectivity index (χ1n) is 7.76. The van der Waals surface area contributed by atoms with Crippen LogP contribution in [0.15, 0.2) is 15.5 Å². The predicted molar refractivity (Wildman–Crippen MR) is 89.8 cm³/mol. The zero-order chi connectivity index (χ0) is 15.4. The molecule has 2 rings (SSSR count). The Labute approximate surface area is 134 Å². The molecule has 0 bridgehead atoms. The van der Waals surface area contributed by atoms with E-state index in [1.54, 1.807) is 6.20 Å². The molecule has 6 heteroatoms. The Morgan fingerprint density at radius 1 is 1.57 bits per heavy atom. The molecular weight excluding hydrogens is 332 g/mol. The van der Waals surface area contributed by atoms with Crippen LogP contribution in [0.3, 0.4) is 0 Å². The fourth-order valence-electron chi connectivity index (χ4n) is 2.30. The lowest BCUT2D eigenvalue weighted by Crippen LogP contribution is -2.36. The van der Waals surface area contributed by atoms with Crippen molar-refractivity contribution < 1.29 is 0 Å². The van der Waals surface area contributed by atoms with Crippen molar-refractivity contribution in [2.24, 2.45) is 0 Å². The largest absolute Gasteiger partial charge is 0.381 e. The summed E-state index contributed by atoms with van der Waals surface area (Å²) in [5, 5.41) is 7.58. The van der Waals surface area contributed by atoms with Crippen molar-refractivity contribution in [3.05, 3.63) is 21.0 Å². The van der Waals surface area contributed by atoms with Gasteiger partial charge in [-0.15, -0.1) is 0 Å². The van der Waals surface area contributed by atoms with Crippen molar-refractivity contribution in [3.8, 4) is 0 Å². The lowest BCUT2D eigenvalue weighted by atomic mass is 10.3. The number of hydrogen-bond donors (Lipinski definition) is 1. The van der Waals surface area contributed by atoms with E-state index in [1.165, 1.54) is 17.5 Å². The van der Waals surface area contributed by atoms with Gasteiger partial charge in [-0.05, 0) is 49.2 Å². The average molecular weight is 357 g/mol. The summed E-state index contributed by atoms with van der Waals surface area (Å²) in [4.78, 5) is 14.6. The number of likely N-dealkylation sites (N-methyl/N-ethyl adjacent to an activating group) is 1. The molecule has 0 amide bonds. The first-order chi connectivity index (χ1) is 10.0. The van der Waals surface area contributed by atoms with Crippen LogP contribution >= 0.6 is 15.9 Å². The van der Waals surface area contributed by atoms with E-state index in [2.05, 4.69) is 52.1 Å². The summed E-state index contributed by atoms with van der Waals surface area (Å²) in [6.07, 6.45) is 6.37. The van der Waals surface area contributed by atoms with E-state index in [4.69, 9.17) is 0 Å². The van der Waals surface area contributed by atoms with Gasteiger partial charge in [0.15, 0.2) is 0 Å². The van der Waals surface area contributed by atoms with E-state index in [-0.39, 0.29) is 5.56 Å². The van der Waals surface area contributed by atoms with E-state index < -0.39 is 0 Å². The Kier molecular flexibility index (Phi) is 5.81. The molecule has 0 aromatic carbocycles. The fraction of sp³-hybridized carbons (Fsp3) is 0.733. The first kappa shape index (κ1) is 16.5. The summed E-state index contributed by atoms with van der Waals surface area (Å²) >= 11 is 3.40. The Morgan fingerprint density at radius 3 is 2.90 bits per heavy atom. The maximum Gasteiger partial charge on any atom is 0.283 e. The van der Waals surface area contributed by atoms with Gasteiger partial charge in [0.25, 0.3) is 5.56 Å². The third-order valence-corrected chi connectivity index (χ3v) is 4.88. The van der Waals surface area contributed by atoms with Crippen LogP contribution in [0.4, 0.5) is 5.69 Å². The van der Waals surface area contributed by atoms with Gasteiger partial charge >= 0.3 is 0 Å². The summed E-state index contributed by atoms with van der Waals surface area (Å²) in [6.45, 7) is 5.80. The minimum Gasteiger partial charge on any atom is -0.381 e. The zero-order valence-corrected chi connectivity index (χ0v) is 14.7. The van der Waals surface area contributed by atoms with Gasteiger partial charge < -0.3 is 5.32 Å². The minimum atomic E-state index is -0.0587. The molecule has 1 heterocycles. The molecule has 21 heavy (non-hydrogen) atoms. The normalized spacial score (nSPS) is 16.2. The molecule has 0 spiro atoms. The molecule has 118 valence electrons. The van der Waals surface area contributed by atoms with E-state index in [0.717, 1.165) is 31.1 Å². The molecule has 1 N–H and O–H groups in total. The van der Waals surface area contributed by atoms with E-state index in [0.29, 0.717) is 17.1 Å². The van der Waals surface area contributed by atoms with E-state index in [1.807, 2.05) is 0 Å². The maximum absolute atomic E-state index is 12.2. The summed E-state index contributed by atoms with van der Waals surface area (Å²) < 4.78 is 2.10. The van der Waals surface area contributed by atoms with Gasteiger partial charge in [-0.2, -0.15) is 5.10 Å². The van der Waals surface area contributed by atoms with Crippen LogP contribution in [-0.4, -0.2) is 40.4 Å². The summed E-state index contributed by atoms with van der Waals surface area (Å²) in [5.74, 6) is 0. The molecule has 1 aromatic rings. The molecule has 1 aliphatic rings. The van der Waals surface area contributed by atoms with Gasteiger partial charge in [-0.25, -0.2) is 4.68 Å². The smallest absolute Gasteiger partial charge is 0.283 e. The van der Waals surface area contributed by atoms with Crippen LogP contribution in [0, 0.1) is 0 Å². The quantitative estimate of drug-likeness (QED) is 0.777. The Hall–Kier alpha value is -0.880. The number of nitrogens with one attached hydrogen (secondary N) is 1. The lowest BCUT2D eigenvalue weighted by molar-refractivity contribution is 0.257. The second-order valence-corrected chi connectivity index (χ2v) is 6.67. The van der Waals surface area contributed by atoms with Gasteiger partial charge in [0, 0.05) is 25.2 Å². The molecule has 0 saturated heterocycles. The third-order valence-electron chi connectivity index (χ3n) is 4.11. The van der Waals surface area contributed by atoms with Gasteiger partial charge in [0.2, 0.25) is 0 Å². The molecule has 0 aliphatic heterocycles. The number of nitrogens with zero attached hydrogens (tertiary/aromatic N) is 3. The van der Waals surface area contributed by atoms with Crippen molar-refractivity contribution in [3.63, 3.8) is 0 Å². The van der Waals surface area contributed by atoms with Crippen molar-refractivity contribution in [2.45, 2.75) is 58.2 Å². The number of aromatic nitrogens is 2. The highest BCUT2D eigenvalue weighted by molar-refractivity contribution is 9.10. The molecule has 1 fully saturated rings. The Bertz CT molecular complexity index is 527. The van der Waals surface area contributed by atoms with Crippen LogP contribution < -0.4 is 10.9 Å². The van der Waals surface area contributed by atoms with Gasteiger partial charge in [0.1, 0.15) is 4.47 Å². The standard InChI is InChI=1S/C15H25BrN4O/c1-4-5-8-20-15(21)14(16)13(10-18-20)17-9-11(2)19(3)12-6-7-12/h10-12,17H,4-9H2,1-3H3. The highest BCUT2D eigenvalue weighted by Crippen LogP contribution is 2.27. The lowest BCUT2D eigenvalue weighted by Gasteiger charge is -2.25. The van der Waals surface area contributed by atoms with Crippen molar-refractivity contribution >= 4 is 21.6 Å². The number of rotatable bonds is 8. The van der Waals surface area contributed by atoms with Gasteiger partial charge in [-0.1, -0.05) is 13.3 Å². The monoisotopic (exact) mass is 356 g/mol. The van der Waals surface area contributed by atoms with Gasteiger partial charge in [0.05, 0.1) is 11.9 Å². The molecular formula is C15H25BrN4O. The molecule has 5 nitrogen and oxygen atoms in total. The predicted octanol–water partition coefficient (Wildman–Crippen LogP) is 2.70. The second-order valence-electron chi connectivity index (χ2n) is 5.88. The number of aryl methyl sites for hydroxylation is 1. The van der Waals surface area contributed by atoms with Crippen LogP contribution in [0.2, 0.25) is 0 Å². The summed E-state index contributed by atoms with van der Waals surface area (Å²) in [5.41, 5.74) is 0.723. The average Bonchev–Trinajstić information content (AvgIpc) is 3.31. The molecule has 1 aromatic heterocycles. The number of hydrogen-bond acceptors (Lipinski definition) is 4. The van der Waals surface area contributed by atoms with E-state index in [9.17, 15) is 4.79 Å². The third kappa shape index (κ3) is 4.30. The minimum absolute atomic E-state index is 0.0587. The van der Waals surface area contributed by atoms with Crippen LogP contribution in [0.25, 0.3) is 0 Å². The van der Waals surface area contributed by atoms with Gasteiger partial charge in [-0.3, -0.25) is 9.69 Å². The molecule has 1 saturated carbocycles. The topological polar surface area (TPSA) is 50.2 Å². The number of unbranched alkanes of at least 4 members (excludes halogenated alkanes) is 1. The summed E-state index contributed by atoms with van der Waals surface area (Å²) in [6, 6.07) is 1.18. The van der Waals surface area contributed by atoms with Crippen LogP contribution in [0.5, 0.6) is 0 Å². The fourth-order valence-corrected chi connectivity index (χ4v) is 2.75. The van der Waals surface area contributed by atoms with Crippen molar-refractivity contribution in [2.75, 3.05) is 18.9 Å². The van der Waals surface area contributed by atoms with Crippen molar-refractivity contribution in [1.82, 2.24) is 14.7 Å². The molecule has 0 radical (unpaired) electrons. The van der Waals surface area contributed by atoms with Crippen LogP contribution in [-0.2, 0) is 6.54 Å². The highest BCUT2D eigenvalue weighted by atomic mass is 79.9. The Morgan fingerprint density at radius 2 is 2.29 bits per heavy atom. The second kappa shape index (κ2) is 7.40. The first-order valence-corrected chi connectivity index (χ1v) is 8.55. The van der Waals surface area contributed by atoms with Crippen molar-refractivity contribution in [1.29, 1.82) is 0 Å².